The molecule has 0 aliphatic carbocycles. The Hall–Kier alpha value is -2.74. The van der Waals surface area contributed by atoms with Crippen LogP contribution in [0.1, 0.15) is 36.0 Å². The van der Waals surface area contributed by atoms with Crippen LogP contribution in [0.3, 0.4) is 0 Å². The van der Waals surface area contributed by atoms with Gasteiger partial charge in [-0.3, -0.25) is 14.1 Å². The molecular formula is C19H24N6O2. The quantitative estimate of drug-likeness (QED) is 0.695. The molecule has 4 rings (SSSR count). The van der Waals surface area contributed by atoms with Crippen LogP contribution in [0.5, 0.6) is 0 Å². The van der Waals surface area contributed by atoms with Crippen LogP contribution in [0.15, 0.2) is 33.6 Å². The van der Waals surface area contributed by atoms with E-state index >= 15 is 0 Å². The van der Waals surface area contributed by atoms with Gasteiger partial charge in [-0.1, -0.05) is 6.07 Å². The molecule has 1 aliphatic heterocycles. The molecule has 27 heavy (non-hydrogen) atoms. The predicted octanol–water partition coefficient (Wildman–Crippen LogP) is 1.83. The Bertz CT molecular complexity index is 1010. The average molecular weight is 368 g/mol. The van der Waals surface area contributed by atoms with E-state index in [0.29, 0.717) is 24.0 Å². The molecule has 142 valence electrons. The molecule has 1 atom stereocenters. The topological polar surface area (TPSA) is 79.8 Å². The largest absolute Gasteiger partial charge is 0.344 e. The van der Waals surface area contributed by atoms with Gasteiger partial charge >= 0.3 is 0 Å². The fourth-order valence-corrected chi connectivity index (χ4v) is 3.65. The molecule has 1 saturated heterocycles. The highest BCUT2D eigenvalue weighted by atomic mass is 16.5. The summed E-state index contributed by atoms with van der Waals surface area (Å²) in [6.07, 6.45) is 2.08. The third-order valence-electron chi connectivity index (χ3n) is 5.00. The third-order valence-corrected chi connectivity index (χ3v) is 5.00. The molecule has 1 unspecified atom stereocenters. The molecule has 1 fully saturated rings. The molecule has 4 heterocycles. The van der Waals surface area contributed by atoms with Gasteiger partial charge in [0.05, 0.1) is 11.6 Å². The van der Waals surface area contributed by atoms with Gasteiger partial charge in [-0.15, -0.1) is 0 Å². The number of piperidine rings is 1. The number of rotatable bonds is 4. The van der Waals surface area contributed by atoms with Crippen molar-refractivity contribution in [2.45, 2.75) is 32.2 Å². The van der Waals surface area contributed by atoms with Crippen LogP contribution in [0.25, 0.3) is 5.65 Å². The van der Waals surface area contributed by atoms with Crippen molar-refractivity contribution in [3.63, 3.8) is 0 Å². The van der Waals surface area contributed by atoms with E-state index in [4.69, 9.17) is 4.52 Å². The fourth-order valence-electron chi connectivity index (χ4n) is 3.65. The first-order valence-electron chi connectivity index (χ1n) is 9.23. The zero-order chi connectivity index (χ0) is 19.0. The highest BCUT2D eigenvalue weighted by Crippen LogP contribution is 2.27. The Morgan fingerprint density at radius 1 is 1.30 bits per heavy atom. The first-order valence-corrected chi connectivity index (χ1v) is 9.23. The van der Waals surface area contributed by atoms with E-state index in [9.17, 15) is 4.79 Å². The molecule has 0 N–H and O–H groups in total. The summed E-state index contributed by atoms with van der Waals surface area (Å²) in [5.41, 5.74) is 2.35. The highest BCUT2D eigenvalue weighted by Gasteiger charge is 2.26. The summed E-state index contributed by atoms with van der Waals surface area (Å²) in [5, 5.41) is 4.02. The Morgan fingerprint density at radius 3 is 2.93 bits per heavy atom. The molecule has 0 radical (unpaired) electrons. The van der Waals surface area contributed by atoms with Gasteiger partial charge in [0.2, 0.25) is 5.89 Å². The monoisotopic (exact) mass is 368 g/mol. The second-order valence-corrected chi connectivity index (χ2v) is 7.35. The number of hydrogen-bond acceptors (Lipinski definition) is 7. The SMILES string of the molecule is Cc1cccc2nc(CN3CCCC(c4nc(N(C)C)no4)C3)cc(=O)n12. The van der Waals surface area contributed by atoms with E-state index in [1.807, 2.05) is 44.1 Å². The van der Waals surface area contributed by atoms with Gasteiger partial charge in [0.25, 0.3) is 11.5 Å². The number of hydrogen-bond donors (Lipinski definition) is 0. The molecule has 3 aromatic heterocycles. The molecule has 0 amide bonds. The molecule has 8 nitrogen and oxygen atoms in total. The van der Waals surface area contributed by atoms with Crippen molar-refractivity contribution >= 4 is 11.6 Å². The molecule has 3 aromatic rings. The summed E-state index contributed by atoms with van der Waals surface area (Å²) in [6, 6.07) is 7.35. The van der Waals surface area contributed by atoms with Crippen molar-refractivity contribution in [2.75, 3.05) is 32.1 Å². The summed E-state index contributed by atoms with van der Waals surface area (Å²) >= 11 is 0. The molecule has 8 heteroatoms. The summed E-state index contributed by atoms with van der Waals surface area (Å²) < 4.78 is 7.10. The Kier molecular flexibility index (Phi) is 4.65. The minimum atomic E-state index is -0.0332. The lowest BCUT2D eigenvalue weighted by atomic mass is 9.98. The zero-order valence-electron chi connectivity index (χ0n) is 15.9. The summed E-state index contributed by atoms with van der Waals surface area (Å²) in [4.78, 5) is 25.8. The zero-order valence-corrected chi connectivity index (χ0v) is 15.9. The second-order valence-electron chi connectivity index (χ2n) is 7.35. The van der Waals surface area contributed by atoms with Gasteiger partial charge in [0.1, 0.15) is 5.65 Å². The molecule has 0 aromatic carbocycles. The average Bonchev–Trinajstić information content (AvgIpc) is 3.12. The lowest BCUT2D eigenvalue weighted by Gasteiger charge is -2.30. The van der Waals surface area contributed by atoms with Gasteiger partial charge in [0, 0.05) is 38.9 Å². The van der Waals surface area contributed by atoms with Gasteiger partial charge in [-0.2, -0.15) is 4.98 Å². The van der Waals surface area contributed by atoms with Gasteiger partial charge in [0.15, 0.2) is 0 Å². The maximum atomic E-state index is 12.5. The van der Waals surface area contributed by atoms with Crippen LogP contribution in [0.4, 0.5) is 5.95 Å². The predicted molar refractivity (Wildman–Crippen MR) is 102 cm³/mol. The molecule has 1 aliphatic rings. The Labute approximate surface area is 157 Å². The number of aromatic nitrogens is 4. The van der Waals surface area contributed by atoms with Gasteiger partial charge in [-0.25, -0.2) is 4.98 Å². The Morgan fingerprint density at radius 2 is 2.15 bits per heavy atom. The van der Waals surface area contributed by atoms with Crippen LogP contribution >= 0.6 is 0 Å². The van der Waals surface area contributed by atoms with Gasteiger partial charge < -0.3 is 9.42 Å². The minimum absolute atomic E-state index is 0.0332. The van der Waals surface area contributed by atoms with E-state index < -0.39 is 0 Å². The Balaban J connectivity index is 1.52. The van der Waals surface area contributed by atoms with E-state index in [-0.39, 0.29) is 11.5 Å². The van der Waals surface area contributed by atoms with Crippen molar-refractivity contribution in [3.05, 3.63) is 51.9 Å². The van der Waals surface area contributed by atoms with Crippen molar-refractivity contribution < 1.29 is 4.52 Å². The molecule has 0 spiro atoms. The van der Waals surface area contributed by atoms with Crippen molar-refractivity contribution in [3.8, 4) is 0 Å². The lowest BCUT2D eigenvalue weighted by molar-refractivity contribution is 0.178. The summed E-state index contributed by atoms with van der Waals surface area (Å²) in [7, 11) is 3.79. The van der Waals surface area contributed by atoms with Crippen LogP contribution < -0.4 is 10.5 Å². The van der Waals surface area contributed by atoms with E-state index in [0.717, 1.165) is 37.3 Å². The third kappa shape index (κ3) is 3.57. The normalized spacial score (nSPS) is 18.1. The van der Waals surface area contributed by atoms with Crippen LogP contribution in [-0.2, 0) is 6.54 Å². The maximum Gasteiger partial charge on any atom is 0.265 e. The van der Waals surface area contributed by atoms with Crippen molar-refractivity contribution in [2.24, 2.45) is 0 Å². The van der Waals surface area contributed by atoms with Crippen LogP contribution in [0.2, 0.25) is 0 Å². The number of likely N-dealkylation sites (tertiary alicyclic amines) is 1. The van der Waals surface area contributed by atoms with Crippen molar-refractivity contribution in [1.82, 2.24) is 24.4 Å². The highest BCUT2D eigenvalue weighted by molar-refractivity contribution is 5.40. The van der Waals surface area contributed by atoms with E-state index in [1.54, 1.807) is 10.5 Å². The smallest absolute Gasteiger partial charge is 0.265 e. The first kappa shape index (κ1) is 17.7. The van der Waals surface area contributed by atoms with Gasteiger partial charge in [-0.05, 0) is 43.6 Å². The van der Waals surface area contributed by atoms with Crippen LogP contribution in [0, 0.1) is 6.92 Å². The molecular weight excluding hydrogens is 344 g/mol. The number of fused-ring (bicyclic) bond motifs is 1. The fraction of sp³-hybridized carbons (Fsp3) is 0.474. The number of anilines is 1. The minimum Gasteiger partial charge on any atom is -0.344 e. The first-order chi connectivity index (χ1) is 13.0. The second kappa shape index (κ2) is 7.11. The maximum absolute atomic E-state index is 12.5. The number of pyridine rings is 1. The van der Waals surface area contributed by atoms with E-state index in [2.05, 4.69) is 20.0 Å². The van der Waals surface area contributed by atoms with E-state index in [1.165, 1.54) is 0 Å². The molecule has 0 saturated carbocycles. The summed E-state index contributed by atoms with van der Waals surface area (Å²) in [5.74, 6) is 1.50. The van der Waals surface area contributed by atoms with Crippen LogP contribution in [-0.4, -0.2) is 51.6 Å². The van der Waals surface area contributed by atoms with Crippen molar-refractivity contribution in [1.29, 1.82) is 0 Å². The number of nitrogens with zero attached hydrogens (tertiary/aromatic N) is 6. The summed E-state index contributed by atoms with van der Waals surface area (Å²) in [6.45, 7) is 4.35. The standard InChI is InChI=1S/C19H24N6O2/c1-13-6-4-8-16-20-15(10-17(26)25(13)16)12-24-9-5-7-14(11-24)18-21-19(22-27-18)23(2)3/h4,6,8,10,14H,5,7,9,11-12H2,1-3H3. The lowest BCUT2D eigenvalue weighted by Crippen LogP contribution is -2.34. The molecule has 0 bridgehead atoms. The number of aryl methyl sites for hydroxylation is 1.